The first-order valence-electron chi connectivity index (χ1n) is 5.41. The Kier molecular flexibility index (Phi) is 4.09. The summed E-state index contributed by atoms with van der Waals surface area (Å²) in [5.74, 6) is -0.397. The predicted octanol–water partition coefficient (Wildman–Crippen LogP) is 2.00. The van der Waals surface area contributed by atoms with Gasteiger partial charge in [-0.25, -0.2) is 14.9 Å². The number of nitrogens with one attached hydrogen (secondary N) is 1. The summed E-state index contributed by atoms with van der Waals surface area (Å²) >= 11 is 0. The second-order valence-corrected chi connectivity index (χ2v) is 3.60. The van der Waals surface area contributed by atoms with Crippen LogP contribution in [0.3, 0.4) is 0 Å². The van der Waals surface area contributed by atoms with Gasteiger partial charge in [-0.3, -0.25) is 5.21 Å². The van der Waals surface area contributed by atoms with Gasteiger partial charge < -0.3 is 9.47 Å². The van der Waals surface area contributed by atoms with Gasteiger partial charge in [0.05, 0.1) is 13.3 Å². The molecule has 0 bridgehead atoms. The van der Waals surface area contributed by atoms with E-state index in [1.165, 1.54) is 0 Å². The van der Waals surface area contributed by atoms with Gasteiger partial charge in [0.15, 0.2) is 11.6 Å². The highest BCUT2D eigenvalue weighted by molar-refractivity contribution is 5.33. The maximum absolute atomic E-state index is 13.0. The molecular formula is C12H12FN3O3. The van der Waals surface area contributed by atoms with Crippen molar-refractivity contribution < 1.29 is 19.1 Å². The molecule has 1 aromatic carbocycles. The van der Waals surface area contributed by atoms with Gasteiger partial charge in [0, 0.05) is 0 Å². The topological polar surface area (TPSA) is 76.5 Å². The molecule has 0 radical (unpaired) electrons. The Hall–Kier alpha value is -2.41. The summed E-state index contributed by atoms with van der Waals surface area (Å²) in [6.07, 6.45) is 0.909. The van der Waals surface area contributed by atoms with E-state index < -0.39 is 5.82 Å². The number of halogens is 1. The maximum atomic E-state index is 13.0. The van der Waals surface area contributed by atoms with Crippen LogP contribution in [0.15, 0.2) is 30.5 Å². The number of hydrogen-bond donors (Lipinski definition) is 2. The number of hydrogen-bond acceptors (Lipinski definition) is 6. The highest BCUT2D eigenvalue weighted by Gasteiger charge is 2.07. The molecule has 0 atom stereocenters. The number of rotatable bonds is 5. The molecule has 2 N–H and O–H groups in total. The molecule has 0 amide bonds. The molecule has 0 aliphatic carbocycles. The van der Waals surface area contributed by atoms with E-state index in [-0.39, 0.29) is 18.4 Å². The first kappa shape index (κ1) is 13.0. The Labute approximate surface area is 108 Å². The molecule has 0 aliphatic rings. The average molecular weight is 265 g/mol. The fraction of sp³-hybridized carbons (Fsp3) is 0.167. The van der Waals surface area contributed by atoms with Gasteiger partial charge >= 0.3 is 6.01 Å². The van der Waals surface area contributed by atoms with Crippen molar-refractivity contribution in [1.82, 2.24) is 9.97 Å². The minimum Gasteiger partial charge on any atom is -0.497 e. The Bertz CT molecular complexity index is 566. The molecule has 0 fully saturated rings. The van der Waals surface area contributed by atoms with Gasteiger partial charge in [-0.1, -0.05) is 12.1 Å². The molecule has 0 saturated carbocycles. The third-order valence-corrected chi connectivity index (χ3v) is 2.33. The third-order valence-electron chi connectivity index (χ3n) is 2.33. The third kappa shape index (κ3) is 3.29. The second-order valence-electron chi connectivity index (χ2n) is 3.60. The molecule has 1 heterocycles. The lowest BCUT2D eigenvalue weighted by Gasteiger charge is -2.07. The summed E-state index contributed by atoms with van der Waals surface area (Å²) in [6.45, 7) is 0.202. The molecule has 0 aliphatic heterocycles. The fourth-order valence-electron chi connectivity index (χ4n) is 1.41. The zero-order valence-corrected chi connectivity index (χ0v) is 10.1. The van der Waals surface area contributed by atoms with Crippen molar-refractivity contribution in [2.24, 2.45) is 0 Å². The van der Waals surface area contributed by atoms with Gasteiger partial charge in [-0.15, -0.1) is 0 Å². The summed E-state index contributed by atoms with van der Waals surface area (Å²) in [6, 6.07) is 7.24. The molecule has 0 saturated heterocycles. The number of aromatic nitrogens is 2. The zero-order chi connectivity index (χ0) is 13.7. The van der Waals surface area contributed by atoms with Crippen LogP contribution in [-0.2, 0) is 6.61 Å². The van der Waals surface area contributed by atoms with Crippen LogP contribution < -0.4 is 15.0 Å². The Balaban J connectivity index is 2.05. The van der Waals surface area contributed by atoms with Crippen molar-refractivity contribution >= 4 is 5.82 Å². The number of benzene rings is 1. The van der Waals surface area contributed by atoms with Gasteiger partial charge in [0.1, 0.15) is 12.4 Å². The second kappa shape index (κ2) is 5.96. The van der Waals surface area contributed by atoms with E-state index >= 15 is 0 Å². The lowest BCUT2D eigenvalue weighted by Crippen LogP contribution is -2.04. The molecule has 6 nitrogen and oxygen atoms in total. The lowest BCUT2D eigenvalue weighted by molar-refractivity contribution is 0.277. The Morgan fingerprint density at radius 3 is 3.00 bits per heavy atom. The van der Waals surface area contributed by atoms with Crippen LogP contribution in [0.4, 0.5) is 10.2 Å². The van der Waals surface area contributed by atoms with E-state index in [4.69, 9.17) is 14.7 Å². The summed E-state index contributed by atoms with van der Waals surface area (Å²) in [4.78, 5) is 7.30. The van der Waals surface area contributed by atoms with Crippen LogP contribution in [0.2, 0.25) is 0 Å². The van der Waals surface area contributed by atoms with Gasteiger partial charge in [0.2, 0.25) is 0 Å². The Morgan fingerprint density at radius 1 is 1.42 bits per heavy atom. The summed E-state index contributed by atoms with van der Waals surface area (Å²) < 4.78 is 23.4. The summed E-state index contributed by atoms with van der Waals surface area (Å²) in [7, 11) is 1.57. The molecular weight excluding hydrogens is 253 g/mol. The standard InChI is InChI=1S/C12H12FN3O3/c1-18-9-4-2-3-8(5-9)7-19-12-14-6-10(13)11(15-12)16-17/h2-6,17H,7H2,1H3,(H,14,15,16). The van der Waals surface area contributed by atoms with Crippen LogP contribution in [0.1, 0.15) is 5.56 Å². The zero-order valence-electron chi connectivity index (χ0n) is 10.1. The van der Waals surface area contributed by atoms with Crippen molar-refractivity contribution in [3.05, 3.63) is 41.8 Å². The first-order chi connectivity index (χ1) is 9.22. The van der Waals surface area contributed by atoms with Crippen molar-refractivity contribution in [2.75, 3.05) is 12.6 Å². The highest BCUT2D eigenvalue weighted by atomic mass is 19.1. The van der Waals surface area contributed by atoms with E-state index in [1.807, 2.05) is 18.2 Å². The van der Waals surface area contributed by atoms with E-state index in [2.05, 4.69) is 9.97 Å². The van der Waals surface area contributed by atoms with Crippen LogP contribution >= 0.6 is 0 Å². The van der Waals surface area contributed by atoms with Crippen molar-refractivity contribution in [1.29, 1.82) is 0 Å². The Morgan fingerprint density at radius 2 is 2.26 bits per heavy atom. The molecule has 2 aromatic rings. The van der Waals surface area contributed by atoms with E-state index in [1.54, 1.807) is 18.7 Å². The van der Waals surface area contributed by atoms with Crippen LogP contribution in [0.5, 0.6) is 11.8 Å². The smallest absolute Gasteiger partial charge is 0.318 e. The van der Waals surface area contributed by atoms with Crippen molar-refractivity contribution in [3.8, 4) is 11.8 Å². The predicted molar refractivity (Wildman–Crippen MR) is 64.7 cm³/mol. The van der Waals surface area contributed by atoms with Gasteiger partial charge in [-0.2, -0.15) is 4.98 Å². The van der Waals surface area contributed by atoms with Crippen molar-refractivity contribution in [2.45, 2.75) is 6.61 Å². The van der Waals surface area contributed by atoms with Crippen LogP contribution in [-0.4, -0.2) is 22.3 Å². The van der Waals surface area contributed by atoms with E-state index in [0.717, 1.165) is 11.8 Å². The summed E-state index contributed by atoms with van der Waals surface area (Å²) in [5, 5.41) is 8.64. The monoisotopic (exact) mass is 265 g/mol. The summed E-state index contributed by atoms with van der Waals surface area (Å²) in [5.41, 5.74) is 2.48. The lowest BCUT2D eigenvalue weighted by atomic mass is 10.2. The molecule has 7 heteroatoms. The largest absolute Gasteiger partial charge is 0.497 e. The molecule has 0 unspecified atom stereocenters. The average Bonchev–Trinajstić information content (AvgIpc) is 2.46. The molecule has 0 spiro atoms. The molecule has 19 heavy (non-hydrogen) atoms. The number of nitrogens with zero attached hydrogens (tertiary/aromatic N) is 2. The van der Waals surface area contributed by atoms with Crippen LogP contribution in [0, 0.1) is 5.82 Å². The first-order valence-corrected chi connectivity index (χ1v) is 5.41. The molecule has 1 aromatic heterocycles. The van der Waals surface area contributed by atoms with Gasteiger partial charge in [-0.05, 0) is 17.7 Å². The van der Waals surface area contributed by atoms with Crippen LogP contribution in [0.25, 0.3) is 0 Å². The number of anilines is 1. The van der Waals surface area contributed by atoms with E-state index in [9.17, 15) is 4.39 Å². The number of ether oxygens (including phenoxy) is 2. The van der Waals surface area contributed by atoms with Crippen molar-refractivity contribution in [3.63, 3.8) is 0 Å². The normalized spacial score (nSPS) is 10.1. The minimum atomic E-state index is -0.767. The maximum Gasteiger partial charge on any atom is 0.318 e. The van der Waals surface area contributed by atoms with Gasteiger partial charge in [0.25, 0.3) is 0 Å². The number of methoxy groups -OCH3 is 1. The highest BCUT2D eigenvalue weighted by Crippen LogP contribution is 2.16. The SMILES string of the molecule is COc1cccc(COc2ncc(F)c(NO)n2)c1. The van der Waals surface area contributed by atoms with E-state index in [0.29, 0.717) is 5.75 Å². The molecule has 100 valence electrons. The minimum absolute atomic E-state index is 0.0410. The molecule has 2 rings (SSSR count). The quantitative estimate of drug-likeness (QED) is 0.805. The fourth-order valence-corrected chi connectivity index (χ4v) is 1.41.